The zero-order valence-corrected chi connectivity index (χ0v) is 14.2. The van der Waals surface area contributed by atoms with Crippen molar-refractivity contribution < 1.29 is 18.3 Å². The van der Waals surface area contributed by atoms with Crippen LogP contribution in [0.3, 0.4) is 0 Å². The smallest absolute Gasteiger partial charge is 0.250 e. The van der Waals surface area contributed by atoms with E-state index in [4.69, 9.17) is 16.3 Å². The molecule has 5 nitrogen and oxygen atoms in total. The molecule has 2 N–H and O–H groups in total. The maximum Gasteiger partial charge on any atom is 0.250 e. The Hall–Kier alpha value is -0.180. The van der Waals surface area contributed by atoms with Gasteiger partial charge in [-0.25, -0.2) is 13.1 Å². The van der Waals surface area contributed by atoms with E-state index in [2.05, 4.69) is 4.72 Å². The van der Waals surface area contributed by atoms with Gasteiger partial charge in [0.2, 0.25) is 10.0 Å². The molecule has 1 aliphatic rings. The summed E-state index contributed by atoms with van der Waals surface area (Å²) in [4.78, 5) is 0. The minimum atomic E-state index is -3.59. The van der Waals surface area contributed by atoms with E-state index in [1.54, 1.807) is 13.2 Å². The number of aliphatic hydroxyl groups is 1. The van der Waals surface area contributed by atoms with Crippen molar-refractivity contribution in [2.45, 2.75) is 42.1 Å². The first-order valence-electron chi connectivity index (χ1n) is 6.88. The quantitative estimate of drug-likeness (QED) is 0.822. The maximum absolute atomic E-state index is 12.0. The number of rotatable bonds is 6. The summed E-state index contributed by atoms with van der Waals surface area (Å²) in [7, 11) is -1.89. The lowest BCUT2D eigenvalue weighted by atomic mass is 9.84. The second-order valence-electron chi connectivity index (χ2n) is 5.25. The summed E-state index contributed by atoms with van der Waals surface area (Å²) in [6.45, 7) is 0.0279. The molecule has 0 unspecified atom stereocenters. The Balaban J connectivity index is 1.85. The van der Waals surface area contributed by atoms with E-state index in [1.807, 2.05) is 0 Å². The fraction of sp³-hybridized carbons (Fsp3) is 0.692. The highest BCUT2D eigenvalue weighted by molar-refractivity contribution is 7.91. The standard InChI is InChI=1S/C13H20ClNO4S2/c1-19-10-4-2-9(3-5-10)11(16)8-15-21(17,18)13-7-6-12(14)20-13/h6-7,9-11,15-16H,2-5,8H2,1H3/t9?,10?,11-/m0/s1. The first kappa shape index (κ1) is 17.2. The van der Waals surface area contributed by atoms with Crippen LogP contribution in [0.15, 0.2) is 16.3 Å². The molecular formula is C13H20ClNO4S2. The number of thiophene rings is 1. The molecule has 1 saturated carbocycles. The molecule has 8 heteroatoms. The Morgan fingerprint density at radius 2 is 2.10 bits per heavy atom. The number of hydrogen-bond acceptors (Lipinski definition) is 5. The van der Waals surface area contributed by atoms with Gasteiger partial charge in [0.1, 0.15) is 4.21 Å². The van der Waals surface area contributed by atoms with Crippen LogP contribution in [0.4, 0.5) is 0 Å². The summed E-state index contributed by atoms with van der Waals surface area (Å²) in [6, 6.07) is 3.01. The topological polar surface area (TPSA) is 75.6 Å². The number of aliphatic hydroxyl groups excluding tert-OH is 1. The molecule has 120 valence electrons. The maximum atomic E-state index is 12.0. The van der Waals surface area contributed by atoms with Crippen LogP contribution in [0.1, 0.15) is 25.7 Å². The van der Waals surface area contributed by atoms with Crippen LogP contribution < -0.4 is 4.72 Å². The van der Waals surface area contributed by atoms with Crippen molar-refractivity contribution in [3.8, 4) is 0 Å². The lowest BCUT2D eigenvalue weighted by Crippen LogP contribution is -2.38. The first-order valence-corrected chi connectivity index (χ1v) is 9.56. The third-order valence-corrected chi connectivity index (χ3v) is 7.04. The molecule has 0 bridgehead atoms. The molecule has 0 radical (unpaired) electrons. The zero-order chi connectivity index (χ0) is 15.5. The largest absolute Gasteiger partial charge is 0.391 e. The summed E-state index contributed by atoms with van der Waals surface area (Å²) < 4.78 is 32.4. The average Bonchev–Trinajstić information content (AvgIpc) is 2.92. The monoisotopic (exact) mass is 353 g/mol. The Labute approximate surface area is 134 Å². The van der Waals surface area contributed by atoms with Gasteiger partial charge in [-0.2, -0.15) is 0 Å². The number of nitrogens with one attached hydrogen (secondary N) is 1. The van der Waals surface area contributed by atoms with Crippen LogP contribution in [0.25, 0.3) is 0 Å². The van der Waals surface area contributed by atoms with Gasteiger partial charge < -0.3 is 9.84 Å². The van der Waals surface area contributed by atoms with Gasteiger partial charge in [0.05, 0.1) is 16.5 Å². The van der Waals surface area contributed by atoms with E-state index in [9.17, 15) is 13.5 Å². The molecule has 0 aromatic carbocycles. The van der Waals surface area contributed by atoms with Gasteiger partial charge in [-0.15, -0.1) is 11.3 Å². The Morgan fingerprint density at radius 3 is 2.62 bits per heavy atom. The lowest BCUT2D eigenvalue weighted by Gasteiger charge is -2.30. The highest BCUT2D eigenvalue weighted by atomic mass is 35.5. The van der Waals surface area contributed by atoms with E-state index in [-0.39, 0.29) is 22.8 Å². The van der Waals surface area contributed by atoms with Crippen molar-refractivity contribution in [2.24, 2.45) is 5.92 Å². The summed E-state index contributed by atoms with van der Waals surface area (Å²) in [5.41, 5.74) is 0. The molecule has 2 rings (SSSR count). The molecular weight excluding hydrogens is 334 g/mol. The molecule has 1 atom stereocenters. The molecule has 1 fully saturated rings. The minimum Gasteiger partial charge on any atom is -0.391 e. The van der Waals surface area contributed by atoms with Crippen LogP contribution in [0.5, 0.6) is 0 Å². The second kappa shape index (κ2) is 7.39. The summed E-state index contributed by atoms with van der Waals surface area (Å²) in [6.07, 6.45) is 3.11. The fourth-order valence-electron chi connectivity index (χ4n) is 2.58. The fourth-order valence-corrected chi connectivity index (χ4v) is 5.16. The van der Waals surface area contributed by atoms with Crippen LogP contribution in [0.2, 0.25) is 4.34 Å². The lowest BCUT2D eigenvalue weighted by molar-refractivity contribution is 0.0210. The summed E-state index contributed by atoms with van der Waals surface area (Å²) in [5.74, 6) is 0.117. The first-order chi connectivity index (χ1) is 9.92. The predicted octanol–water partition coefficient (Wildman–Crippen LogP) is 2.25. The van der Waals surface area contributed by atoms with E-state index < -0.39 is 16.1 Å². The van der Waals surface area contributed by atoms with E-state index in [0.29, 0.717) is 4.34 Å². The minimum absolute atomic E-state index is 0.0279. The van der Waals surface area contributed by atoms with E-state index in [1.165, 1.54) is 6.07 Å². The van der Waals surface area contributed by atoms with E-state index in [0.717, 1.165) is 37.0 Å². The van der Waals surface area contributed by atoms with Crippen molar-refractivity contribution in [3.05, 3.63) is 16.5 Å². The van der Waals surface area contributed by atoms with Crippen molar-refractivity contribution in [3.63, 3.8) is 0 Å². The molecule has 1 aliphatic carbocycles. The van der Waals surface area contributed by atoms with Gasteiger partial charge in [0.25, 0.3) is 0 Å². The van der Waals surface area contributed by atoms with Crippen LogP contribution in [-0.4, -0.2) is 39.4 Å². The molecule has 0 aliphatic heterocycles. The van der Waals surface area contributed by atoms with Gasteiger partial charge in [0, 0.05) is 13.7 Å². The Bertz CT molecular complexity index is 552. The molecule has 0 spiro atoms. The van der Waals surface area contributed by atoms with Crippen LogP contribution >= 0.6 is 22.9 Å². The van der Waals surface area contributed by atoms with Crippen molar-refractivity contribution >= 4 is 33.0 Å². The normalized spacial score (nSPS) is 24.9. The zero-order valence-electron chi connectivity index (χ0n) is 11.8. The summed E-state index contributed by atoms with van der Waals surface area (Å²) >= 11 is 6.75. The molecule has 1 aromatic heterocycles. The molecule has 0 saturated heterocycles. The Kier molecular flexibility index (Phi) is 6.05. The van der Waals surface area contributed by atoms with Crippen molar-refractivity contribution in [1.29, 1.82) is 0 Å². The third-order valence-electron chi connectivity index (χ3n) is 3.89. The average molecular weight is 354 g/mol. The van der Waals surface area contributed by atoms with Gasteiger partial charge in [-0.3, -0.25) is 0 Å². The van der Waals surface area contributed by atoms with Crippen LogP contribution in [0, 0.1) is 5.92 Å². The molecule has 0 amide bonds. The number of hydrogen-bond donors (Lipinski definition) is 2. The Morgan fingerprint density at radius 1 is 1.43 bits per heavy atom. The number of sulfonamides is 1. The van der Waals surface area contributed by atoms with E-state index >= 15 is 0 Å². The highest BCUT2D eigenvalue weighted by Gasteiger charge is 2.27. The van der Waals surface area contributed by atoms with Crippen molar-refractivity contribution in [1.82, 2.24) is 4.72 Å². The predicted molar refractivity (Wildman–Crippen MR) is 83.3 cm³/mol. The summed E-state index contributed by atoms with van der Waals surface area (Å²) in [5, 5.41) is 10.2. The van der Waals surface area contributed by atoms with Gasteiger partial charge in [-0.1, -0.05) is 11.6 Å². The van der Waals surface area contributed by atoms with Gasteiger partial charge in [0.15, 0.2) is 0 Å². The van der Waals surface area contributed by atoms with Gasteiger partial charge in [-0.05, 0) is 43.7 Å². The third kappa shape index (κ3) is 4.64. The van der Waals surface area contributed by atoms with Crippen molar-refractivity contribution in [2.75, 3.05) is 13.7 Å². The number of halogens is 1. The van der Waals surface area contributed by atoms with Gasteiger partial charge >= 0.3 is 0 Å². The number of methoxy groups -OCH3 is 1. The van der Waals surface area contributed by atoms with Crippen LogP contribution in [-0.2, 0) is 14.8 Å². The number of ether oxygens (including phenoxy) is 1. The highest BCUT2D eigenvalue weighted by Crippen LogP contribution is 2.29. The molecule has 21 heavy (non-hydrogen) atoms. The SMILES string of the molecule is COC1CCC([C@@H](O)CNS(=O)(=O)c2ccc(Cl)s2)CC1. The molecule has 1 heterocycles. The second-order valence-corrected chi connectivity index (χ2v) is 8.96. The molecule has 1 aromatic rings.